The van der Waals surface area contributed by atoms with Gasteiger partial charge in [0.25, 0.3) is 0 Å². The molecule has 2 nitrogen and oxygen atoms in total. The Kier molecular flexibility index (Phi) is 5.20. The third-order valence-electron chi connectivity index (χ3n) is 3.71. The van der Waals surface area contributed by atoms with Gasteiger partial charge in [-0.1, -0.05) is 43.7 Å². The third kappa shape index (κ3) is 4.50. The maximum atomic E-state index is 12.9. The van der Waals surface area contributed by atoms with Crippen molar-refractivity contribution < 1.29 is 9.18 Å². The minimum absolute atomic E-state index is 0.0425. The summed E-state index contributed by atoms with van der Waals surface area (Å²) in [5.41, 5.74) is 0.483. The van der Waals surface area contributed by atoms with E-state index in [-0.39, 0.29) is 10.9 Å². The number of rotatable bonds is 4. The number of hydrogen-bond acceptors (Lipinski definition) is 1. The Bertz CT molecular complexity index is 444. The molecule has 0 unspecified atom stereocenters. The second kappa shape index (κ2) is 6.90. The molecule has 1 aromatic carbocycles. The second-order valence-corrected chi connectivity index (χ2v) is 5.62. The van der Waals surface area contributed by atoms with Crippen LogP contribution < -0.4 is 5.32 Å². The van der Waals surface area contributed by atoms with E-state index >= 15 is 0 Å². The summed E-state index contributed by atoms with van der Waals surface area (Å²) in [6, 6.07) is 4.00. The highest BCUT2D eigenvalue weighted by atomic mass is 35.5. The lowest BCUT2D eigenvalue weighted by atomic mass is 9.86. The van der Waals surface area contributed by atoms with Gasteiger partial charge in [-0.3, -0.25) is 4.79 Å². The average Bonchev–Trinajstić information content (AvgIpc) is 2.41. The van der Waals surface area contributed by atoms with Gasteiger partial charge >= 0.3 is 0 Å². The Hall–Kier alpha value is -1.09. The molecule has 0 spiro atoms. The Morgan fingerprint density at radius 1 is 1.32 bits per heavy atom. The first-order chi connectivity index (χ1) is 9.15. The molecule has 1 amide bonds. The molecule has 0 heterocycles. The van der Waals surface area contributed by atoms with Crippen LogP contribution in [0.25, 0.3) is 0 Å². The molecule has 1 aliphatic rings. The molecule has 1 aromatic rings. The van der Waals surface area contributed by atoms with E-state index in [0.29, 0.717) is 18.0 Å². The van der Waals surface area contributed by atoms with Crippen LogP contribution in [0.5, 0.6) is 0 Å². The topological polar surface area (TPSA) is 29.1 Å². The summed E-state index contributed by atoms with van der Waals surface area (Å²) < 4.78 is 12.9. The standard InChI is InChI=1S/C15H19ClFNO/c16-13-10-12(17)7-8-14(13)18-15(19)9-6-11-4-2-1-3-5-11/h7-8,10-11H,1-6,9H2,(H,18,19). The van der Waals surface area contributed by atoms with Crippen LogP contribution in [0.1, 0.15) is 44.9 Å². The molecule has 1 saturated carbocycles. The van der Waals surface area contributed by atoms with Gasteiger partial charge in [-0.25, -0.2) is 4.39 Å². The zero-order chi connectivity index (χ0) is 13.7. The average molecular weight is 284 g/mol. The smallest absolute Gasteiger partial charge is 0.224 e. The summed E-state index contributed by atoms with van der Waals surface area (Å²) in [4.78, 5) is 11.8. The van der Waals surface area contributed by atoms with Crippen molar-refractivity contribution in [3.8, 4) is 0 Å². The maximum absolute atomic E-state index is 12.9. The Morgan fingerprint density at radius 2 is 2.05 bits per heavy atom. The van der Waals surface area contributed by atoms with Gasteiger partial charge in [-0.2, -0.15) is 0 Å². The Balaban J connectivity index is 1.80. The van der Waals surface area contributed by atoms with Gasteiger partial charge in [0.15, 0.2) is 0 Å². The van der Waals surface area contributed by atoms with E-state index in [4.69, 9.17) is 11.6 Å². The number of nitrogens with one attached hydrogen (secondary N) is 1. The molecule has 0 bridgehead atoms. The van der Waals surface area contributed by atoms with Gasteiger partial charge in [-0.15, -0.1) is 0 Å². The van der Waals surface area contributed by atoms with Crippen molar-refractivity contribution in [2.75, 3.05) is 5.32 Å². The maximum Gasteiger partial charge on any atom is 0.224 e. The van der Waals surface area contributed by atoms with Crippen molar-refractivity contribution in [1.82, 2.24) is 0 Å². The SMILES string of the molecule is O=C(CCC1CCCCC1)Nc1ccc(F)cc1Cl. The van der Waals surface area contributed by atoms with Crippen molar-refractivity contribution in [2.24, 2.45) is 5.92 Å². The third-order valence-corrected chi connectivity index (χ3v) is 4.02. The minimum atomic E-state index is -0.398. The molecule has 2 rings (SSSR count). The van der Waals surface area contributed by atoms with E-state index in [1.807, 2.05) is 0 Å². The van der Waals surface area contributed by atoms with Gasteiger partial charge in [-0.05, 0) is 30.5 Å². The van der Waals surface area contributed by atoms with Crippen LogP contribution in [0.2, 0.25) is 5.02 Å². The van der Waals surface area contributed by atoms with E-state index in [1.54, 1.807) is 0 Å². The summed E-state index contributed by atoms with van der Waals surface area (Å²) in [5, 5.41) is 2.98. The van der Waals surface area contributed by atoms with E-state index in [1.165, 1.54) is 50.3 Å². The van der Waals surface area contributed by atoms with E-state index in [0.717, 1.165) is 6.42 Å². The zero-order valence-electron chi connectivity index (χ0n) is 10.9. The molecule has 0 atom stereocenters. The molecule has 19 heavy (non-hydrogen) atoms. The minimum Gasteiger partial charge on any atom is -0.325 e. The quantitative estimate of drug-likeness (QED) is 0.846. The first-order valence-electron chi connectivity index (χ1n) is 6.90. The summed E-state index contributed by atoms with van der Waals surface area (Å²) in [5.74, 6) is 0.243. The van der Waals surface area contributed by atoms with E-state index < -0.39 is 5.82 Å². The molecule has 1 fully saturated rings. The number of carbonyl (C=O) groups is 1. The van der Waals surface area contributed by atoms with Gasteiger partial charge in [0.05, 0.1) is 10.7 Å². The zero-order valence-corrected chi connectivity index (χ0v) is 11.7. The number of anilines is 1. The predicted octanol–water partition coefficient (Wildman–Crippen LogP) is 4.78. The number of amides is 1. The second-order valence-electron chi connectivity index (χ2n) is 5.22. The monoisotopic (exact) mass is 283 g/mol. The molecule has 4 heteroatoms. The molecule has 0 saturated heterocycles. The highest BCUT2D eigenvalue weighted by Gasteiger charge is 2.15. The Morgan fingerprint density at radius 3 is 2.74 bits per heavy atom. The van der Waals surface area contributed by atoms with Crippen LogP contribution in [0.4, 0.5) is 10.1 Å². The number of halogens is 2. The molecule has 0 aromatic heterocycles. The fraction of sp³-hybridized carbons (Fsp3) is 0.533. The van der Waals surface area contributed by atoms with Crippen LogP contribution in [0.15, 0.2) is 18.2 Å². The van der Waals surface area contributed by atoms with Crippen molar-refractivity contribution in [3.05, 3.63) is 29.0 Å². The largest absolute Gasteiger partial charge is 0.325 e. The molecule has 1 N–H and O–H groups in total. The van der Waals surface area contributed by atoms with Crippen LogP contribution in [0, 0.1) is 11.7 Å². The summed E-state index contributed by atoms with van der Waals surface area (Å²) in [7, 11) is 0. The van der Waals surface area contributed by atoms with Gasteiger partial charge in [0, 0.05) is 6.42 Å². The number of hydrogen-bond donors (Lipinski definition) is 1. The predicted molar refractivity (Wildman–Crippen MR) is 75.8 cm³/mol. The summed E-state index contributed by atoms with van der Waals surface area (Å²) >= 11 is 5.87. The molecule has 104 valence electrons. The normalized spacial score (nSPS) is 16.3. The summed E-state index contributed by atoms with van der Waals surface area (Å²) in [6.45, 7) is 0. The van der Waals surface area contributed by atoms with E-state index in [9.17, 15) is 9.18 Å². The lowest BCUT2D eigenvalue weighted by molar-refractivity contribution is -0.116. The van der Waals surface area contributed by atoms with Crippen LogP contribution in [-0.2, 0) is 4.79 Å². The van der Waals surface area contributed by atoms with Gasteiger partial charge < -0.3 is 5.32 Å². The molecular weight excluding hydrogens is 265 g/mol. The molecule has 0 radical (unpaired) electrons. The van der Waals surface area contributed by atoms with Crippen molar-refractivity contribution in [1.29, 1.82) is 0 Å². The lowest BCUT2D eigenvalue weighted by Crippen LogP contribution is -2.15. The van der Waals surface area contributed by atoms with Crippen molar-refractivity contribution >= 4 is 23.2 Å². The number of benzene rings is 1. The number of carbonyl (C=O) groups excluding carboxylic acids is 1. The fourth-order valence-electron chi connectivity index (χ4n) is 2.61. The van der Waals surface area contributed by atoms with Crippen LogP contribution in [-0.4, -0.2) is 5.91 Å². The Labute approximate surface area is 118 Å². The van der Waals surface area contributed by atoms with Gasteiger partial charge in [0.1, 0.15) is 5.82 Å². The molecule has 0 aliphatic heterocycles. The summed E-state index contributed by atoms with van der Waals surface area (Å²) in [6.07, 6.45) is 7.83. The van der Waals surface area contributed by atoms with Crippen molar-refractivity contribution in [2.45, 2.75) is 44.9 Å². The molecule has 1 aliphatic carbocycles. The van der Waals surface area contributed by atoms with Gasteiger partial charge in [0.2, 0.25) is 5.91 Å². The first-order valence-corrected chi connectivity index (χ1v) is 7.28. The molecular formula is C15H19ClFNO. The van der Waals surface area contributed by atoms with Crippen LogP contribution in [0.3, 0.4) is 0 Å². The highest BCUT2D eigenvalue weighted by Crippen LogP contribution is 2.28. The first kappa shape index (κ1) is 14.3. The van der Waals surface area contributed by atoms with E-state index in [2.05, 4.69) is 5.32 Å². The highest BCUT2D eigenvalue weighted by molar-refractivity contribution is 6.33. The van der Waals surface area contributed by atoms with Crippen molar-refractivity contribution in [3.63, 3.8) is 0 Å². The lowest BCUT2D eigenvalue weighted by Gasteiger charge is -2.21. The van der Waals surface area contributed by atoms with Crippen LogP contribution >= 0.6 is 11.6 Å². The fourth-order valence-corrected chi connectivity index (χ4v) is 2.83.